The number of aromatic nitrogens is 2. The summed E-state index contributed by atoms with van der Waals surface area (Å²) in [4.78, 5) is 0. The first kappa shape index (κ1) is 7.75. The highest BCUT2D eigenvalue weighted by Crippen LogP contribution is 2.24. The van der Waals surface area contributed by atoms with Gasteiger partial charge in [-0.15, -0.1) is 0 Å². The van der Waals surface area contributed by atoms with Crippen molar-refractivity contribution in [2.24, 2.45) is 0 Å². The highest BCUT2D eigenvalue weighted by molar-refractivity contribution is 9.10. The molecule has 1 aromatic rings. The standard InChI is InChI=1S/C6H9BrN2O/c1-6(2,10)5-4(7)3-8-9-5/h3,10H,1-2H3,(H,8,9). The van der Waals surface area contributed by atoms with Crippen LogP contribution in [0.2, 0.25) is 0 Å². The quantitative estimate of drug-likeness (QED) is 0.727. The van der Waals surface area contributed by atoms with Crippen molar-refractivity contribution in [3.63, 3.8) is 0 Å². The van der Waals surface area contributed by atoms with Gasteiger partial charge in [0, 0.05) is 0 Å². The third kappa shape index (κ3) is 1.38. The molecule has 0 fully saturated rings. The number of rotatable bonds is 1. The lowest BCUT2D eigenvalue weighted by Crippen LogP contribution is -2.16. The zero-order chi connectivity index (χ0) is 7.78. The van der Waals surface area contributed by atoms with Gasteiger partial charge in [-0.1, -0.05) is 0 Å². The Morgan fingerprint density at radius 2 is 2.30 bits per heavy atom. The first-order chi connectivity index (χ1) is 4.52. The van der Waals surface area contributed by atoms with Gasteiger partial charge in [0.1, 0.15) is 5.60 Å². The van der Waals surface area contributed by atoms with Crippen LogP contribution in [-0.2, 0) is 5.60 Å². The largest absolute Gasteiger partial charge is 0.384 e. The van der Waals surface area contributed by atoms with E-state index in [0.717, 1.165) is 4.47 Å². The predicted molar refractivity (Wildman–Crippen MR) is 41.5 cm³/mol. The summed E-state index contributed by atoms with van der Waals surface area (Å²) in [5, 5.41) is 15.9. The number of nitrogens with zero attached hydrogens (tertiary/aromatic N) is 1. The highest BCUT2D eigenvalue weighted by atomic mass is 79.9. The second-order valence-corrected chi connectivity index (χ2v) is 3.51. The zero-order valence-corrected chi connectivity index (χ0v) is 7.44. The van der Waals surface area contributed by atoms with E-state index in [1.165, 1.54) is 0 Å². The summed E-state index contributed by atoms with van der Waals surface area (Å²) in [6.07, 6.45) is 1.62. The Kier molecular flexibility index (Phi) is 1.83. The Balaban J connectivity index is 3.05. The van der Waals surface area contributed by atoms with Crippen molar-refractivity contribution in [3.05, 3.63) is 16.4 Å². The van der Waals surface area contributed by atoms with Crippen LogP contribution in [0.4, 0.5) is 0 Å². The molecule has 0 bridgehead atoms. The molecule has 1 heterocycles. The summed E-state index contributed by atoms with van der Waals surface area (Å²) in [5.41, 5.74) is -0.150. The van der Waals surface area contributed by atoms with Gasteiger partial charge in [-0.3, -0.25) is 5.10 Å². The van der Waals surface area contributed by atoms with E-state index in [1.54, 1.807) is 20.0 Å². The lowest BCUT2D eigenvalue weighted by molar-refractivity contribution is 0.0730. The number of hydrogen-bond donors (Lipinski definition) is 2. The van der Waals surface area contributed by atoms with Crippen molar-refractivity contribution in [1.29, 1.82) is 0 Å². The minimum absolute atomic E-state index is 0.701. The van der Waals surface area contributed by atoms with Crippen molar-refractivity contribution in [2.75, 3.05) is 0 Å². The van der Waals surface area contributed by atoms with E-state index in [4.69, 9.17) is 0 Å². The molecule has 2 N–H and O–H groups in total. The summed E-state index contributed by atoms with van der Waals surface area (Å²) in [6.45, 7) is 3.40. The van der Waals surface area contributed by atoms with E-state index < -0.39 is 5.60 Å². The van der Waals surface area contributed by atoms with Crippen molar-refractivity contribution < 1.29 is 5.11 Å². The van der Waals surface area contributed by atoms with E-state index in [9.17, 15) is 5.11 Å². The Morgan fingerprint density at radius 3 is 2.50 bits per heavy atom. The minimum atomic E-state index is -0.852. The fraction of sp³-hybridized carbons (Fsp3) is 0.500. The average Bonchev–Trinajstić information content (AvgIpc) is 2.11. The third-order valence-electron chi connectivity index (χ3n) is 1.20. The van der Waals surface area contributed by atoms with E-state index in [0.29, 0.717) is 5.69 Å². The van der Waals surface area contributed by atoms with Crippen LogP contribution in [0, 0.1) is 0 Å². The molecular weight excluding hydrogens is 196 g/mol. The van der Waals surface area contributed by atoms with E-state index >= 15 is 0 Å². The number of nitrogens with one attached hydrogen (secondary N) is 1. The molecule has 0 aliphatic heterocycles. The molecule has 1 aromatic heterocycles. The van der Waals surface area contributed by atoms with Gasteiger partial charge in [0.15, 0.2) is 0 Å². The lowest BCUT2D eigenvalue weighted by atomic mass is 10.1. The van der Waals surface area contributed by atoms with Crippen LogP contribution >= 0.6 is 15.9 Å². The Hall–Kier alpha value is -0.350. The van der Waals surface area contributed by atoms with Crippen LogP contribution < -0.4 is 0 Å². The highest BCUT2D eigenvalue weighted by Gasteiger charge is 2.20. The topological polar surface area (TPSA) is 48.9 Å². The molecule has 0 saturated carbocycles. The molecule has 1 rings (SSSR count). The van der Waals surface area contributed by atoms with Crippen molar-refractivity contribution in [3.8, 4) is 0 Å². The molecule has 4 heteroatoms. The fourth-order valence-corrected chi connectivity index (χ4v) is 1.38. The normalized spacial score (nSPS) is 12.0. The number of aliphatic hydroxyl groups is 1. The Morgan fingerprint density at radius 1 is 1.70 bits per heavy atom. The lowest BCUT2D eigenvalue weighted by Gasteiger charge is -2.14. The second kappa shape index (κ2) is 2.36. The van der Waals surface area contributed by atoms with Crippen LogP contribution in [0.1, 0.15) is 19.5 Å². The molecule has 56 valence electrons. The molecule has 0 aromatic carbocycles. The molecule has 0 amide bonds. The van der Waals surface area contributed by atoms with Crippen LogP contribution in [0.5, 0.6) is 0 Å². The van der Waals surface area contributed by atoms with Crippen molar-refractivity contribution in [1.82, 2.24) is 10.2 Å². The molecule has 3 nitrogen and oxygen atoms in total. The van der Waals surface area contributed by atoms with Gasteiger partial charge in [0.2, 0.25) is 0 Å². The summed E-state index contributed by atoms with van der Waals surface area (Å²) in [5.74, 6) is 0. The maximum Gasteiger partial charge on any atom is 0.101 e. The van der Waals surface area contributed by atoms with Crippen LogP contribution in [0.25, 0.3) is 0 Å². The SMILES string of the molecule is CC(C)(O)c1[nH]ncc1Br. The monoisotopic (exact) mass is 204 g/mol. The first-order valence-corrected chi connectivity index (χ1v) is 3.73. The Bertz CT molecular complexity index is 226. The molecule has 0 atom stereocenters. The molecule has 0 unspecified atom stereocenters. The maximum absolute atomic E-state index is 9.46. The average molecular weight is 205 g/mol. The van der Waals surface area contributed by atoms with Crippen molar-refractivity contribution in [2.45, 2.75) is 19.4 Å². The van der Waals surface area contributed by atoms with Crippen LogP contribution in [-0.4, -0.2) is 15.3 Å². The zero-order valence-electron chi connectivity index (χ0n) is 5.85. The van der Waals surface area contributed by atoms with Gasteiger partial charge in [-0.25, -0.2) is 0 Å². The van der Waals surface area contributed by atoms with Crippen molar-refractivity contribution >= 4 is 15.9 Å². The number of H-pyrrole nitrogens is 1. The second-order valence-electron chi connectivity index (χ2n) is 2.65. The number of halogens is 1. The molecule has 10 heavy (non-hydrogen) atoms. The Labute approximate surface area is 67.6 Å². The van der Waals surface area contributed by atoms with E-state index in [2.05, 4.69) is 26.1 Å². The van der Waals surface area contributed by atoms with Crippen LogP contribution in [0.15, 0.2) is 10.7 Å². The van der Waals surface area contributed by atoms with Crippen LogP contribution in [0.3, 0.4) is 0 Å². The van der Waals surface area contributed by atoms with E-state index in [1.807, 2.05) is 0 Å². The molecular formula is C6H9BrN2O. The maximum atomic E-state index is 9.46. The summed E-state index contributed by atoms with van der Waals surface area (Å²) >= 11 is 3.25. The number of hydrogen-bond acceptors (Lipinski definition) is 2. The smallest absolute Gasteiger partial charge is 0.101 e. The van der Waals surface area contributed by atoms with E-state index in [-0.39, 0.29) is 0 Å². The van der Waals surface area contributed by atoms with Gasteiger partial charge in [0.25, 0.3) is 0 Å². The summed E-state index contributed by atoms with van der Waals surface area (Å²) in [7, 11) is 0. The molecule has 0 aliphatic rings. The summed E-state index contributed by atoms with van der Waals surface area (Å²) in [6, 6.07) is 0. The molecule has 0 saturated heterocycles. The predicted octanol–water partition coefficient (Wildman–Crippen LogP) is 1.40. The third-order valence-corrected chi connectivity index (χ3v) is 1.81. The summed E-state index contributed by atoms with van der Waals surface area (Å²) < 4.78 is 0.806. The molecule has 0 radical (unpaired) electrons. The van der Waals surface area contributed by atoms with Gasteiger partial charge in [-0.2, -0.15) is 5.10 Å². The number of aromatic amines is 1. The molecule has 0 aliphatic carbocycles. The van der Waals surface area contributed by atoms with Gasteiger partial charge < -0.3 is 5.11 Å². The van der Waals surface area contributed by atoms with Gasteiger partial charge >= 0.3 is 0 Å². The molecule has 0 spiro atoms. The fourth-order valence-electron chi connectivity index (χ4n) is 0.700. The van der Waals surface area contributed by atoms with Gasteiger partial charge in [0.05, 0.1) is 16.4 Å². The minimum Gasteiger partial charge on any atom is -0.384 e. The first-order valence-electron chi connectivity index (χ1n) is 2.93. The van der Waals surface area contributed by atoms with Gasteiger partial charge in [-0.05, 0) is 29.8 Å².